The van der Waals surface area contributed by atoms with E-state index in [0.29, 0.717) is 12.0 Å². The molecule has 6 rings (SSSR count). The van der Waals surface area contributed by atoms with Crippen molar-refractivity contribution < 1.29 is 9.47 Å². The van der Waals surface area contributed by atoms with E-state index in [2.05, 4.69) is 38.5 Å². The lowest BCUT2D eigenvalue weighted by Gasteiger charge is -2.39. The second kappa shape index (κ2) is 7.11. The van der Waals surface area contributed by atoms with Gasteiger partial charge in [-0.15, -0.1) is 5.10 Å². The van der Waals surface area contributed by atoms with Gasteiger partial charge in [-0.1, -0.05) is 24.3 Å². The summed E-state index contributed by atoms with van der Waals surface area (Å²) in [6, 6.07) is 17.2. The first kappa shape index (κ1) is 17.9. The number of aromatic nitrogens is 3. The van der Waals surface area contributed by atoms with Crippen molar-refractivity contribution >= 4 is 17.3 Å². The molecule has 0 saturated carbocycles. The first-order valence-electron chi connectivity index (χ1n) is 10.6. The highest BCUT2D eigenvalue weighted by Crippen LogP contribution is 2.49. The molecular formula is C23H25N5O2. The molecule has 3 aliphatic heterocycles. The number of nitrogens with zero attached hydrogens (tertiary/aromatic N) is 4. The van der Waals surface area contributed by atoms with Crippen LogP contribution in [-0.4, -0.2) is 53.8 Å². The molecule has 3 aliphatic rings. The molecule has 0 bridgehead atoms. The number of hydrogen-bond acceptors (Lipinski definition) is 6. The molecule has 3 aromatic rings. The third-order valence-electron chi connectivity index (χ3n) is 6.63. The van der Waals surface area contributed by atoms with E-state index >= 15 is 0 Å². The molecule has 1 aromatic heterocycles. The van der Waals surface area contributed by atoms with Gasteiger partial charge in [0.1, 0.15) is 6.33 Å². The Balaban J connectivity index is 1.30. The van der Waals surface area contributed by atoms with Crippen molar-refractivity contribution in [2.75, 3.05) is 43.2 Å². The molecular weight excluding hydrogens is 378 g/mol. The van der Waals surface area contributed by atoms with Crippen LogP contribution in [0, 0.1) is 0 Å². The van der Waals surface area contributed by atoms with E-state index in [-0.39, 0.29) is 5.41 Å². The standard InChI is InChI=1S/C23H25N5O2/c1-2-4-18(5-3-1)28-16-24-22(26-28)25-17-6-7-20-21(12-17)27(19-13-30-14-19)15-23(20)8-10-29-11-9-23/h1-7,12,16,19H,8-11,13-15H2,(H,25,26). The zero-order valence-corrected chi connectivity index (χ0v) is 16.8. The summed E-state index contributed by atoms with van der Waals surface area (Å²) < 4.78 is 13.0. The van der Waals surface area contributed by atoms with Gasteiger partial charge in [0.2, 0.25) is 5.95 Å². The van der Waals surface area contributed by atoms with Gasteiger partial charge in [0.15, 0.2) is 0 Å². The third-order valence-corrected chi connectivity index (χ3v) is 6.63. The number of anilines is 3. The minimum atomic E-state index is 0.203. The van der Waals surface area contributed by atoms with Crippen LogP contribution in [0.2, 0.25) is 0 Å². The number of rotatable bonds is 4. The molecule has 4 heterocycles. The van der Waals surface area contributed by atoms with Crippen LogP contribution < -0.4 is 10.2 Å². The Labute approximate surface area is 175 Å². The summed E-state index contributed by atoms with van der Waals surface area (Å²) >= 11 is 0. The van der Waals surface area contributed by atoms with Crippen molar-refractivity contribution in [3.05, 3.63) is 60.4 Å². The molecule has 7 nitrogen and oxygen atoms in total. The van der Waals surface area contributed by atoms with Gasteiger partial charge in [-0.3, -0.25) is 0 Å². The molecule has 2 aromatic carbocycles. The number of hydrogen-bond donors (Lipinski definition) is 1. The maximum Gasteiger partial charge on any atom is 0.246 e. The highest BCUT2D eigenvalue weighted by atomic mass is 16.5. The lowest BCUT2D eigenvalue weighted by atomic mass is 9.76. The Morgan fingerprint density at radius 3 is 2.60 bits per heavy atom. The van der Waals surface area contributed by atoms with Gasteiger partial charge in [-0.05, 0) is 42.7 Å². The fourth-order valence-corrected chi connectivity index (χ4v) is 4.87. The van der Waals surface area contributed by atoms with E-state index in [4.69, 9.17) is 9.47 Å². The van der Waals surface area contributed by atoms with Crippen LogP contribution in [0.1, 0.15) is 18.4 Å². The number of para-hydroxylation sites is 1. The van der Waals surface area contributed by atoms with E-state index in [1.807, 2.05) is 30.3 Å². The second-order valence-corrected chi connectivity index (χ2v) is 8.42. The van der Waals surface area contributed by atoms with Gasteiger partial charge in [-0.25, -0.2) is 4.68 Å². The smallest absolute Gasteiger partial charge is 0.246 e. The van der Waals surface area contributed by atoms with Crippen molar-refractivity contribution in [1.82, 2.24) is 14.8 Å². The molecule has 1 spiro atoms. The number of nitrogens with one attached hydrogen (secondary N) is 1. The summed E-state index contributed by atoms with van der Waals surface area (Å²) in [5.74, 6) is 0.594. The normalized spacial score (nSPS) is 20.2. The summed E-state index contributed by atoms with van der Waals surface area (Å²) in [6.07, 6.45) is 3.90. The molecule has 2 fully saturated rings. The maximum atomic E-state index is 5.67. The molecule has 0 unspecified atom stereocenters. The van der Waals surface area contributed by atoms with Crippen molar-refractivity contribution in [2.45, 2.75) is 24.3 Å². The average molecular weight is 403 g/mol. The number of benzene rings is 2. The predicted molar refractivity (Wildman–Crippen MR) is 115 cm³/mol. The minimum absolute atomic E-state index is 0.203. The quantitative estimate of drug-likeness (QED) is 0.721. The van der Waals surface area contributed by atoms with E-state index in [9.17, 15) is 0 Å². The van der Waals surface area contributed by atoms with Gasteiger partial charge in [-0.2, -0.15) is 4.98 Å². The van der Waals surface area contributed by atoms with E-state index in [1.165, 1.54) is 11.3 Å². The summed E-state index contributed by atoms with van der Waals surface area (Å²) in [4.78, 5) is 6.98. The largest absolute Gasteiger partial charge is 0.381 e. The summed E-state index contributed by atoms with van der Waals surface area (Å²) in [7, 11) is 0. The fraction of sp³-hybridized carbons (Fsp3) is 0.391. The Bertz CT molecular complexity index is 1040. The van der Waals surface area contributed by atoms with Gasteiger partial charge in [0.25, 0.3) is 0 Å². The molecule has 154 valence electrons. The second-order valence-electron chi connectivity index (χ2n) is 8.42. The van der Waals surface area contributed by atoms with Crippen LogP contribution >= 0.6 is 0 Å². The molecule has 30 heavy (non-hydrogen) atoms. The fourth-order valence-electron chi connectivity index (χ4n) is 4.87. The summed E-state index contributed by atoms with van der Waals surface area (Å²) in [6.45, 7) is 4.37. The lowest BCUT2D eigenvalue weighted by molar-refractivity contribution is 0.00464. The van der Waals surface area contributed by atoms with Crippen molar-refractivity contribution in [2.24, 2.45) is 0 Å². The predicted octanol–water partition coefficient (Wildman–Crippen LogP) is 3.28. The van der Waals surface area contributed by atoms with Crippen LogP contribution in [0.5, 0.6) is 0 Å². The molecule has 7 heteroatoms. The number of fused-ring (bicyclic) bond motifs is 2. The first-order valence-corrected chi connectivity index (χ1v) is 10.6. The van der Waals surface area contributed by atoms with Gasteiger partial charge in [0, 0.05) is 36.5 Å². The monoisotopic (exact) mass is 403 g/mol. The Hall–Kier alpha value is -2.90. The molecule has 2 saturated heterocycles. The molecule has 0 radical (unpaired) electrons. The van der Waals surface area contributed by atoms with Crippen molar-refractivity contribution in [3.63, 3.8) is 0 Å². The van der Waals surface area contributed by atoms with Crippen molar-refractivity contribution in [3.8, 4) is 5.69 Å². The van der Waals surface area contributed by atoms with E-state index in [1.54, 1.807) is 11.0 Å². The molecule has 0 aliphatic carbocycles. The molecule has 1 N–H and O–H groups in total. The topological polar surface area (TPSA) is 64.4 Å². The highest BCUT2D eigenvalue weighted by molar-refractivity contribution is 5.71. The van der Waals surface area contributed by atoms with Crippen LogP contribution in [0.25, 0.3) is 5.69 Å². The summed E-state index contributed by atoms with van der Waals surface area (Å²) in [5.41, 5.74) is 4.97. The Morgan fingerprint density at radius 1 is 1.00 bits per heavy atom. The summed E-state index contributed by atoms with van der Waals surface area (Å²) in [5, 5.41) is 7.96. The average Bonchev–Trinajstić information content (AvgIpc) is 3.32. The van der Waals surface area contributed by atoms with Crippen LogP contribution in [-0.2, 0) is 14.9 Å². The highest BCUT2D eigenvalue weighted by Gasteiger charge is 2.46. The van der Waals surface area contributed by atoms with Gasteiger partial charge >= 0.3 is 0 Å². The zero-order chi connectivity index (χ0) is 20.0. The van der Waals surface area contributed by atoms with E-state index in [0.717, 1.165) is 57.2 Å². The van der Waals surface area contributed by atoms with E-state index < -0.39 is 0 Å². The van der Waals surface area contributed by atoms with Crippen LogP contribution in [0.3, 0.4) is 0 Å². The third kappa shape index (κ3) is 2.97. The zero-order valence-electron chi connectivity index (χ0n) is 16.8. The lowest BCUT2D eigenvalue weighted by Crippen LogP contribution is -2.51. The van der Waals surface area contributed by atoms with Crippen LogP contribution in [0.15, 0.2) is 54.9 Å². The molecule has 0 amide bonds. The first-order chi connectivity index (χ1) is 14.8. The number of ether oxygens (including phenoxy) is 2. The Morgan fingerprint density at radius 2 is 1.83 bits per heavy atom. The van der Waals surface area contributed by atoms with Crippen LogP contribution in [0.4, 0.5) is 17.3 Å². The maximum absolute atomic E-state index is 5.67. The van der Waals surface area contributed by atoms with Gasteiger partial charge < -0.3 is 19.7 Å². The minimum Gasteiger partial charge on any atom is -0.381 e. The molecule has 0 atom stereocenters. The van der Waals surface area contributed by atoms with Gasteiger partial charge in [0.05, 0.1) is 24.9 Å². The van der Waals surface area contributed by atoms with Crippen molar-refractivity contribution in [1.29, 1.82) is 0 Å². The SMILES string of the molecule is c1ccc(-n2cnc(Nc3ccc4c(c3)N(C3COC3)CC43CCOCC3)n2)cc1. The Kier molecular flexibility index (Phi) is 4.24.